The number of carbonyl (C=O) groups excluding carboxylic acids is 1. The fourth-order valence-electron chi connectivity index (χ4n) is 1.98. The van der Waals surface area contributed by atoms with Crippen LogP contribution in [0.25, 0.3) is 5.69 Å². The highest BCUT2D eigenvalue weighted by Gasteiger charge is 2.11. The largest absolute Gasteiger partial charge is 0.391 e. The van der Waals surface area contributed by atoms with Crippen LogP contribution in [0.15, 0.2) is 36.7 Å². The molecule has 0 saturated heterocycles. The first-order valence-electron chi connectivity index (χ1n) is 6.86. The second kappa shape index (κ2) is 7.67. The summed E-state index contributed by atoms with van der Waals surface area (Å²) in [5.41, 5.74) is 0.492. The number of aromatic nitrogens is 2. The molecule has 1 unspecified atom stereocenters. The fourth-order valence-corrected chi connectivity index (χ4v) is 1.98. The molecule has 2 aromatic rings. The van der Waals surface area contributed by atoms with E-state index >= 15 is 0 Å². The van der Waals surface area contributed by atoms with E-state index in [1.165, 1.54) is 23.9 Å². The van der Waals surface area contributed by atoms with Crippen LogP contribution in [0.1, 0.15) is 16.8 Å². The summed E-state index contributed by atoms with van der Waals surface area (Å²) in [6.07, 6.45) is 2.90. The van der Waals surface area contributed by atoms with Crippen LogP contribution in [-0.4, -0.2) is 47.2 Å². The summed E-state index contributed by atoms with van der Waals surface area (Å²) in [7, 11) is 1.49. The minimum atomic E-state index is -0.635. The zero-order valence-electron chi connectivity index (χ0n) is 12.2. The number of benzene rings is 1. The number of ether oxygens (including phenoxy) is 1. The molecule has 22 heavy (non-hydrogen) atoms. The monoisotopic (exact) mass is 307 g/mol. The van der Waals surface area contributed by atoms with Crippen LogP contribution in [0.5, 0.6) is 0 Å². The molecule has 0 spiro atoms. The van der Waals surface area contributed by atoms with Gasteiger partial charge in [-0.05, 0) is 30.7 Å². The van der Waals surface area contributed by atoms with Gasteiger partial charge in [-0.25, -0.2) is 9.07 Å². The van der Waals surface area contributed by atoms with Crippen molar-refractivity contribution in [1.29, 1.82) is 0 Å². The van der Waals surface area contributed by atoms with E-state index in [9.17, 15) is 14.3 Å². The second-order valence-corrected chi connectivity index (χ2v) is 4.77. The van der Waals surface area contributed by atoms with Gasteiger partial charge < -0.3 is 15.2 Å². The predicted octanol–water partition coefficient (Wildman–Crippen LogP) is 1.14. The maximum atomic E-state index is 14.0. The Hall–Kier alpha value is -2.25. The molecule has 0 bridgehead atoms. The number of carbonyl (C=O) groups is 1. The number of amides is 1. The highest BCUT2D eigenvalue weighted by Crippen LogP contribution is 2.14. The molecule has 1 aromatic heterocycles. The number of nitrogens with zero attached hydrogens (tertiary/aromatic N) is 2. The van der Waals surface area contributed by atoms with Crippen LogP contribution in [0, 0.1) is 5.82 Å². The zero-order valence-corrected chi connectivity index (χ0v) is 12.2. The van der Waals surface area contributed by atoms with E-state index in [0.717, 1.165) is 6.07 Å². The lowest BCUT2D eigenvalue weighted by Gasteiger charge is -2.10. The molecule has 6 nitrogen and oxygen atoms in total. The first-order chi connectivity index (χ1) is 10.6. The van der Waals surface area contributed by atoms with E-state index in [1.807, 2.05) is 0 Å². The van der Waals surface area contributed by atoms with Crippen molar-refractivity contribution in [2.24, 2.45) is 0 Å². The van der Waals surface area contributed by atoms with Crippen molar-refractivity contribution in [3.63, 3.8) is 0 Å². The first kappa shape index (κ1) is 16.1. The lowest BCUT2D eigenvalue weighted by atomic mass is 10.1. The molecule has 7 heteroatoms. The highest BCUT2D eigenvalue weighted by atomic mass is 19.1. The van der Waals surface area contributed by atoms with Crippen LogP contribution in [0.2, 0.25) is 0 Å². The van der Waals surface area contributed by atoms with Gasteiger partial charge in [0.2, 0.25) is 0 Å². The Kier molecular flexibility index (Phi) is 5.62. The fraction of sp³-hybridized carbons (Fsp3) is 0.333. The van der Waals surface area contributed by atoms with E-state index in [0.29, 0.717) is 6.42 Å². The number of methoxy groups -OCH3 is 1. The van der Waals surface area contributed by atoms with Crippen molar-refractivity contribution in [3.8, 4) is 5.69 Å². The molecule has 0 fully saturated rings. The predicted molar refractivity (Wildman–Crippen MR) is 78.4 cm³/mol. The van der Waals surface area contributed by atoms with Gasteiger partial charge in [-0.1, -0.05) is 0 Å². The Balaban J connectivity index is 1.95. The van der Waals surface area contributed by atoms with Gasteiger partial charge >= 0.3 is 0 Å². The molecule has 1 heterocycles. The smallest absolute Gasteiger partial charge is 0.251 e. The molecule has 0 aliphatic rings. The lowest BCUT2D eigenvalue weighted by molar-refractivity contribution is 0.0587. The normalized spacial score (nSPS) is 12.1. The molecule has 0 radical (unpaired) electrons. The van der Waals surface area contributed by atoms with E-state index in [4.69, 9.17) is 4.74 Å². The number of rotatable bonds is 7. The minimum absolute atomic E-state index is 0.211. The van der Waals surface area contributed by atoms with Gasteiger partial charge in [0, 0.05) is 31.6 Å². The Labute approximate surface area is 127 Å². The van der Waals surface area contributed by atoms with Crippen LogP contribution in [-0.2, 0) is 4.74 Å². The van der Waals surface area contributed by atoms with Crippen molar-refractivity contribution in [2.75, 3.05) is 20.3 Å². The van der Waals surface area contributed by atoms with Crippen LogP contribution in [0.4, 0.5) is 4.39 Å². The van der Waals surface area contributed by atoms with Crippen molar-refractivity contribution in [1.82, 2.24) is 15.1 Å². The van der Waals surface area contributed by atoms with Gasteiger partial charge in [0.15, 0.2) is 0 Å². The molecule has 118 valence electrons. The average molecular weight is 307 g/mol. The summed E-state index contributed by atoms with van der Waals surface area (Å²) >= 11 is 0. The van der Waals surface area contributed by atoms with Crippen molar-refractivity contribution in [3.05, 3.63) is 48.0 Å². The maximum Gasteiger partial charge on any atom is 0.251 e. The molecule has 0 aliphatic carbocycles. The SMILES string of the molecule is COCC(O)CCNC(=O)c1ccc(-n2cccn2)c(F)c1. The minimum Gasteiger partial charge on any atom is -0.391 e. The Morgan fingerprint density at radius 1 is 1.55 bits per heavy atom. The van der Waals surface area contributed by atoms with Crippen LogP contribution < -0.4 is 5.32 Å². The van der Waals surface area contributed by atoms with E-state index < -0.39 is 17.8 Å². The lowest BCUT2D eigenvalue weighted by Crippen LogP contribution is -2.28. The molecule has 1 aromatic carbocycles. The molecule has 1 atom stereocenters. The third-order valence-electron chi connectivity index (χ3n) is 3.08. The zero-order chi connectivity index (χ0) is 15.9. The summed E-state index contributed by atoms with van der Waals surface area (Å²) in [5, 5.41) is 16.0. The topological polar surface area (TPSA) is 76.4 Å². The van der Waals surface area contributed by atoms with E-state index in [2.05, 4.69) is 10.4 Å². The standard InChI is InChI=1S/C15H18FN3O3/c1-22-10-12(20)5-7-17-15(21)11-3-4-14(13(16)9-11)19-8-2-6-18-19/h2-4,6,8-9,12,20H,5,7,10H2,1H3,(H,17,21). The molecular formula is C15H18FN3O3. The molecular weight excluding hydrogens is 289 g/mol. The van der Waals surface area contributed by atoms with Crippen molar-refractivity contribution < 1.29 is 19.0 Å². The van der Waals surface area contributed by atoms with Gasteiger partial charge in [0.05, 0.1) is 12.7 Å². The van der Waals surface area contributed by atoms with Crippen LogP contribution >= 0.6 is 0 Å². The summed E-state index contributed by atoms with van der Waals surface area (Å²) in [6, 6.07) is 5.88. The number of aliphatic hydroxyl groups is 1. The summed E-state index contributed by atoms with van der Waals surface area (Å²) in [6.45, 7) is 0.495. The number of hydrogen-bond acceptors (Lipinski definition) is 4. The molecule has 2 N–H and O–H groups in total. The van der Waals surface area contributed by atoms with Gasteiger partial charge in [0.25, 0.3) is 5.91 Å². The van der Waals surface area contributed by atoms with Crippen molar-refractivity contribution >= 4 is 5.91 Å². The highest BCUT2D eigenvalue weighted by molar-refractivity contribution is 5.94. The maximum absolute atomic E-state index is 14.0. The summed E-state index contributed by atoms with van der Waals surface area (Å²) in [5.74, 6) is -0.925. The van der Waals surface area contributed by atoms with Gasteiger partial charge in [-0.3, -0.25) is 4.79 Å². The Bertz CT molecular complexity index is 617. The Morgan fingerprint density at radius 2 is 2.36 bits per heavy atom. The summed E-state index contributed by atoms with van der Waals surface area (Å²) in [4.78, 5) is 11.9. The van der Waals surface area contributed by atoms with E-state index in [-0.39, 0.29) is 24.4 Å². The summed E-state index contributed by atoms with van der Waals surface area (Å²) < 4.78 is 20.2. The van der Waals surface area contributed by atoms with Gasteiger partial charge in [-0.15, -0.1) is 0 Å². The molecule has 0 aliphatic heterocycles. The Morgan fingerprint density at radius 3 is 3.00 bits per heavy atom. The quantitative estimate of drug-likeness (QED) is 0.804. The third-order valence-corrected chi connectivity index (χ3v) is 3.08. The molecule has 1 amide bonds. The first-order valence-corrected chi connectivity index (χ1v) is 6.86. The number of halogens is 1. The number of aliphatic hydroxyl groups excluding tert-OH is 1. The van der Waals surface area contributed by atoms with Gasteiger partial charge in [-0.2, -0.15) is 5.10 Å². The number of nitrogens with one attached hydrogen (secondary N) is 1. The third kappa shape index (κ3) is 4.12. The molecule has 0 saturated carbocycles. The van der Waals surface area contributed by atoms with Gasteiger partial charge in [0.1, 0.15) is 11.5 Å². The second-order valence-electron chi connectivity index (χ2n) is 4.77. The van der Waals surface area contributed by atoms with Crippen LogP contribution in [0.3, 0.4) is 0 Å². The van der Waals surface area contributed by atoms with Crippen molar-refractivity contribution in [2.45, 2.75) is 12.5 Å². The molecule has 2 rings (SSSR count). The van der Waals surface area contributed by atoms with E-state index in [1.54, 1.807) is 18.5 Å². The number of hydrogen-bond donors (Lipinski definition) is 2. The average Bonchev–Trinajstić information content (AvgIpc) is 3.01.